The van der Waals surface area contributed by atoms with Crippen molar-refractivity contribution in [3.63, 3.8) is 0 Å². The van der Waals surface area contributed by atoms with Crippen LogP contribution in [0.3, 0.4) is 0 Å². The molecule has 3 nitrogen and oxygen atoms in total. The number of fused-ring (bicyclic) bond motifs is 3. The third-order valence-corrected chi connectivity index (χ3v) is 5.35. The van der Waals surface area contributed by atoms with Gasteiger partial charge in [0.15, 0.2) is 0 Å². The molecule has 2 bridgehead atoms. The third-order valence-electron chi connectivity index (χ3n) is 5.35. The zero-order valence-corrected chi connectivity index (χ0v) is 13.0. The number of nitrogens with one attached hydrogen (secondary N) is 1. The van der Waals surface area contributed by atoms with Crippen LogP contribution in [0.15, 0.2) is 36.4 Å². The third kappa shape index (κ3) is 2.20. The van der Waals surface area contributed by atoms with Gasteiger partial charge in [0.2, 0.25) is 0 Å². The zero-order chi connectivity index (χ0) is 15.2. The molecule has 2 aliphatic heterocycles. The highest BCUT2D eigenvalue weighted by Gasteiger charge is 2.42. The first-order chi connectivity index (χ1) is 10.7. The normalized spacial score (nSPS) is 31.2. The quantitative estimate of drug-likeness (QED) is 0.893. The maximum absolute atomic E-state index is 11.4. The lowest BCUT2D eigenvalue weighted by atomic mass is 9.73. The van der Waals surface area contributed by atoms with Crippen LogP contribution in [-0.4, -0.2) is 24.3 Å². The van der Waals surface area contributed by atoms with Crippen LogP contribution in [0.1, 0.15) is 37.7 Å². The number of ether oxygens (including phenoxy) is 1. The molecule has 2 N–H and O–H groups in total. The van der Waals surface area contributed by atoms with E-state index in [1.54, 1.807) is 7.11 Å². The number of benzene rings is 2. The predicted molar refractivity (Wildman–Crippen MR) is 88.2 cm³/mol. The van der Waals surface area contributed by atoms with E-state index in [4.69, 9.17) is 4.74 Å². The minimum absolute atomic E-state index is 0.443. The van der Waals surface area contributed by atoms with Gasteiger partial charge in [-0.2, -0.15) is 0 Å². The van der Waals surface area contributed by atoms with Gasteiger partial charge in [0, 0.05) is 17.5 Å². The minimum Gasteiger partial charge on any atom is -0.496 e. The van der Waals surface area contributed by atoms with E-state index in [9.17, 15) is 5.11 Å². The lowest BCUT2D eigenvalue weighted by molar-refractivity contribution is -0.0347. The van der Waals surface area contributed by atoms with Crippen molar-refractivity contribution in [3.8, 4) is 5.75 Å². The number of rotatable bonds is 2. The van der Waals surface area contributed by atoms with Gasteiger partial charge < -0.3 is 15.2 Å². The Hall–Kier alpha value is -1.58. The van der Waals surface area contributed by atoms with Crippen LogP contribution < -0.4 is 10.1 Å². The summed E-state index contributed by atoms with van der Waals surface area (Å²) in [4.78, 5) is 0. The summed E-state index contributed by atoms with van der Waals surface area (Å²) in [5.74, 6) is 0.872. The Labute approximate surface area is 131 Å². The lowest BCUT2D eigenvalue weighted by Crippen LogP contribution is -2.54. The minimum atomic E-state index is -0.729. The van der Waals surface area contributed by atoms with Gasteiger partial charge in [0.05, 0.1) is 12.7 Å². The van der Waals surface area contributed by atoms with E-state index in [2.05, 4.69) is 23.5 Å². The number of piperidine rings is 2. The SMILES string of the molecule is COc1ccc(C2(O)CC3CCCC(C2)N3)c2ccccc12. The van der Waals surface area contributed by atoms with Gasteiger partial charge in [-0.25, -0.2) is 0 Å². The molecule has 0 amide bonds. The highest BCUT2D eigenvalue weighted by Crippen LogP contribution is 2.43. The molecule has 2 fully saturated rings. The van der Waals surface area contributed by atoms with Crippen molar-refractivity contribution in [3.05, 3.63) is 42.0 Å². The Bertz CT molecular complexity index is 685. The molecule has 0 aromatic heterocycles. The van der Waals surface area contributed by atoms with E-state index in [-0.39, 0.29) is 0 Å². The number of aliphatic hydroxyl groups is 1. The molecular weight excluding hydrogens is 274 g/mol. The summed E-state index contributed by atoms with van der Waals surface area (Å²) in [6.07, 6.45) is 5.24. The van der Waals surface area contributed by atoms with Gasteiger partial charge in [-0.1, -0.05) is 36.8 Å². The monoisotopic (exact) mass is 297 g/mol. The van der Waals surface area contributed by atoms with Crippen LogP contribution in [-0.2, 0) is 5.60 Å². The van der Waals surface area contributed by atoms with Gasteiger partial charge in [0.1, 0.15) is 5.75 Å². The number of methoxy groups -OCH3 is 1. The molecule has 0 radical (unpaired) electrons. The standard InChI is InChI=1S/C19H23NO2/c1-22-18-10-9-17(15-7-2-3-8-16(15)18)19(21)11-13-5-4-6-14(12-19)20-13/h2-3,7-10,13-14,20-21H,4-6,11-12H2,1H3. The van der Waals surface area contributed by atoms with Crippen molar-refractivity contribution < 1.29 is 9.84 Å². The van der Waals surface area contributed by atoms with Crippen molar-refractivity contribution in [1.29, 1.82) is 0 Å². The van der Waals surface area contributed by atoms with Crippen LogP contribution in [0.25, 0.3) is 10.8 Å². The second kappa shape index (κ2) is 5.25. The maximum Gasteiger partial charge on any atom is 0.126 e. The molecule has 0 aliphatic carbocycles. The second-order valence-corrected chi connectivity index (χ2v) is 6.79. The Balaban J connectivity index is 1.83. The predicted octanol–water partition coefficient (Wildman–Crippen LogP) is 3.34. The molecule has 2 aliphatic rings. The van der Waals surface area contributed by atoms with Crippen molar-refractivity contribution >= 4 is 10.8 Å². The summed E-state index contributed by atoms with van der Waals surface area (Å²) in [6, 6.07) is 13.2. The van der Waals surface area contributed by atoms with Crippen molar-refractivity contribution in [2.45, 2.75) is 49.8 Å². The van der Waals surface area contributed by atoms with Crippen molar-refractivity contribution in [1.82, 2.24) is 5.32 Å². The van der Waals surface area contributed by atoms with Gasteiger partial charge >= 0.3 is 0 Å². The summed E-state index contributed by atoms with van der Waals surface area (Å²) in [6.45, 7) is 0. The molecule has 3 heteroatoms. The van der Waals surface area contributed by atoms with E-state index >= 15 is 0 Å². The molecule has 22 heavy (non-hydrogen) atoms. The van der Waals surface area contributed by atoms with Crippen LogP contribution >= 0.6 is 0 Å². The molecule has 2 aromatic carbocycles. The first-order valence-corrected chi connectivity index (χ1v) is 8.24. The molecule has 0 spiro atoms. The van der Waals surface area contributed by atoms with Gasteiger partial charge in [-0.15, -0.1) is 0 Å². The van der Waals surface area contributed by atoms with Crippen LogP contribution in [0.4, 0.5) is 0 Å². The fourth-order valence-corrected chi connectivity index (χ4v) is 4.41. The van der Waals surface area contributed by atoms with E-state index in [1.807, 2.05) is 18.2 Å². The fourth-order valence-electron chi connectivity index (χ4n) is 4.41. The molecular formula is C19H23NO2. The largest absolute Gasteiger partial charge is 0.496 e. The number of hydrogen-bond donors (Lipinski definition) is 2. The smallest absolute Gasteiger partial charge is 0.126 e. The van der Waals surface area contributed by atoms with Crippen LogP contribution in [0, 0.1) is 0 Å². The summed E-state index contributed by atoms with van der Waals surface area (Å²) in [5, 5.41) is 17.3. The van der Waals surface area contributed by atoms with Crippen LogP contribution in [0.5, 0.6) is 5.75 Å². The van der Waals surface area contributed by atoms with Crippen molar-refractivity contribution in [2.75, 3.05) is 7.11 Å². The summed E-state index contributed by atoms with van der Waals surface area (Å²) < 4.78 is 5.48. The maximum atomic E-state index is 11.4. The average molecular weight is 297 g/mol. The molecule has 2 unspecified atom stereocenters. The topological polar surface area (TPSA) is 41.5 Å². The Morgan fingerprint density at radius 1 is 1.05 bits per heavy atom. The zero-order valence-electron chi connectivity index (χ0n) is 13.0. The van der Waals surface area contributed by atoms with Gasteiger partial charge in [-0.3, -0.25) is 0 Å². The van der Waals surface area contributed by atoms with Gasteiger partial charge in [-0.05, 0) is 42.7 Å². The average Bonchev–Trinajstić information content (AvgIpc) is 2.53. The first-order valence-electron chi connectivity index (χ1n) is 8.24. The number of hydrogen-bond acceptors (Lipinski definition) is 3. The molecule has 116 valence electrons. The highest BCUT2D eigenvalue weighted by atomic mass is 16.5. The Kier molecular flexibility index (Phi) is 3.35. The van der Waals surface area contributed by atoms with E-state index in [0.29, 0.717) is 12.1 Å². The fraction of sp³-hybridized carbons (Fsp3) is 0.474. The van der Waals surface area contributed by atoms with E-state index in [0.717, 1.165) is 34.9 Å². The van der Waals surface area contributed by atoms with Crippen molar-refractivity contribution in [2.24, 2.45) is 0 Å². The molecule has 0 saturated carbocycles. The molecule has 2 saturated heterocycles. The summed E-state index contributed by atoms with van der Waals surface area (Å²) >= 11 is 0. The van der Waals surface area contributed by atoms with Gasteiger partial charge in [0.25, 0.3) is 0 Å². The molecule has 4 rings (SSSR count). The van der Waals surface area contributed by atoms with E-state index in [1.165, 1.54) is 19.3 Å². The summed E-state index contributed by atoms with van der Waals surface area (Å²) in [5.41, 5.74) is 0.328. The first kappa shape index (κ1) is 14.0. The molecule has 2 aromatic rings. The summed E-state index contributed by atoms with van der Waals surface area (Å²) in [7, 11) is 1.70. The van der Waals surface area contributed by atoms with E-state index < -0.39 is 5.60 Å². The Morgan fingerprint density at radius 2 is 1.73 bits per heavy atom. The Morgan fingerprint density at radius 3 is 2.41 bits per heavy atom. The second-order valence-electron chi connectivity index (χ2n) is 6.79. The lowest BCUT2D eigenvalue weighted by Gasteiger charge is -2.45. The molecule has 2 heterocycles. The van der Waals surface area contributed by atoms with Crippen LogP contribution in [0.2, 0.25) is 0 Å². The highest BCUT2D eigenvalue weighted by molar-refractivity contribution is 5.91. The molecule has 2 atom stereocenters.